The quantitative estimate of drug-likeness (QED) is 0.598. The van der Waals surface area contributed by atoms with Crippen molar-refractivity contribution in [3.8, 4) is 0 Å². The van der Waals surface area contributed by atoms with E-state index in [9.17, 15) is 0 Å². The van der Waals surface area contributed by atoms with Crippen LogP contribution in [-0.4, -0.2) is 35.6 Å². The number of nitrogens with zero attached hydrogens (tertiary/aromatic N) is 1. The van der Waals surface area contributed by atoms with E-state index in [4.69, 9.17) is 4.99 Å². The summed E-state index contributed by atoms with van der Waals surface area (Å²) >= 11 is 2.08. The first-order valence-corrected chi connectivity index (χ1v) is 7.89. The van der Waals surface area contributed by atoms with E-state index in [1.165, 1.54) is 37.9 Å². The molecule has 17 heavy (non-hydrogen) atoms. The molecule has 1 aliphatic heterocycles. The highest BCUT2D eigenvalue weighted by molar-refractivity contribution is 8.00. The van der Waals surface area contributed by atoms with Crippen LogP contribution in [0.5, 0.6) is 0 Å². The van der Waals surface area contributed by atoms with Gasteiger partial charge >= 0.3 is 0 Å². The molecule has 1 aliphatic carbocycles. The van der Waals surface area contributed by atoms with Gasteiger partial charge in [-0.2, -0.15) is 11.8 Å². The summed E-state index contributed by atoms with van der Waals surface area (Å²) in [6, 6.07) is 0.664. The van der Waals surface area contributed by atoms with Gasteiger partial charge in [0.15, 0.2) is 5.96 Å². The maximum Gasteiger partial charge on any atom is 0.191 e. The molecule has 98 valence electrons. The highest BCUT2D eigenvalue weighted by atomic mass is 32.2. The van der Waals surface area contributed by atoms with Gasteiger partial charge in [0.1, 0.15) is 0 Å². The van der Waals surface area contributed by atoms with Crippen LogP contribution in [0.2, 0.25) is 0 Å². The molecule has 1 saturated heterocycles. The molecule has 2 aliphatic rings. The van der Waals surface area contributed by atoms with Crippen LogP contribution in [0.15, 0.2) is 4.99 Å². The molecule has 4 heteroatoms. The van der Waals surface area contributed by atoms with Gasteiger partial charge < -0.3 is 10.6 Å². The standard InChI is InChI=1S/C13H25N3S/c1-3-14-12(16-11-6-4-7-11)15-10-13(2)8-5-9-17-13/h11H,3-10H2,1-2H3,(H2,14,15,16). The van der Waals surface area contributed by atoms with Crippen molar-refractivity contribution in [3.05, 3.63) is 0 Å². The third-order valence-electron chi connectivity index (χ3n) is 3.66. The largest absolute Gasteiger partial charge is 0.357 e. The molecule has 1 saturated carbocycles. The molecule has 0 amide bonds. The van der Waals surface area contributed by atoms with E-state index in [1.807, 2.05) is 0 Å². The van der Waals surface area contributed by atoms with Crippen LogP contribution >= 0.6 is 11.8 Å². The van der Waals surface area contributed by atoms with Crippen LogP contribution < -0.4 is 10.6 Å². The van der Waals surface area contributed by atoms with Gasteiger partial charge in [-0.15, -0.1) is 0 Å². The fraction of sp³-hybridized carbons (Fsp3) is 0.923. The van der Waals surface area contributed by atoms with E-state index >= 15 is 0 Å². The summed E-state index contributed by atoms with van der Waals surface area (Å²) in [6.45, 7) is 6.37. The zero-order valence-corrected chi connectivity index (χ0v) is 11.9. The average Bonchev–Trinajstić information content (AvgIpc) is 2.67. The number of guanidine groups is 1. The van der Waals surface area contributed by atoms with Gasteiger partial charge in [0.25, 0.3) is 0 Å². The lowest BCUT2D eigenvalue weighted by Crippen LogP contribution is -2.46. The summed E-state index contributed by atoms with van der Waals surface area (Å²) < 4.78 is 0.377. The van der Waals surface area contributed by atoms with Crippen LogP contribution in [0.3, 0.4) is 0 Å². The van der Waals surface area contributed by atoms with Gasteiger partial charge in [0.05, 0.1) is 6.54 Å². The van der Waals surface area contributed by atoms with E-state index in [1.54, 1.807) is 0 Å². The molecule has 3 nitrogen and oxygen atoms in total. The molecule has 0 aromatic rings. The van der Waals surface area contributed by atoms with E-state index in [0.717, 1.165) is 19.0 Å². The third kappa shape index (κ3) is 3.80. The summed E-state index contributed by atoms with van der Waals surface area (Å²) in [5.74, 6) is 2.32. The molecule has 2 rings (SSSR count). The second-order valence-electron chi connectivity index (χ2n) is 5.37. The minimum absolute atomic E-state index is 0.377. The average molecular weight is 255 g/mol. The van der Waals surface area contributed by atoms with Crippen molar-refractivity contribution in [2.24, 2.45) is 4.99 Å². The van der Waals surface area contributed by atoms with Gasteiger partial charge in [-0.1, -0.05) is 0 Å². The molecule has 1 unspecified atom stereocenters. The van der Waals surface area contributed by atoms with Crippen LogP contribution in [0.4, 0.5) is 0 Å². The monoisotopic (exact) mass is 255 g/mol. The van der Waals surface area contributed by atoms with Crippen LogP contribution in [-0.2, 0) is 0 Å². The Kier molecular flexibility index (Phi) is 4.60. The molecule has 1 atom stereocenters. The Morgan fingerprint density at radius 2 is 2.24 bits per heavy atom. The van der Waals surface area contributed by atoms with E-state index in [0.29, 0.717) is 10.8 Å². The fourth-order valence-electron chi connectivity index (χ4n) is 2.27. The molecule has 2 N–H and O–H groups in total. The summed E-state index contributed by atoms with van der Waals surface area (Å²) in [7, 11) is 0. The Labute approximate surface area is 109 Å². The molecule has 2 fully saturated rings. The van der Waals surface area contributed by atoms with Gasteiger partial charge in [0, 0.05) is 17.3 Å². The first-order valence-electron chi connectivity index (χ1n) is 6.91. The number of hydrogen-bond acceptors (Lipinski definition) is 2. The summed E-state index contributed by atoms with van der Waals surface area (Å²) in [4.78, 5) is 4.76. The van der Waals surface area contributed by atoms with E-state index < -0.39 is 0 Å². The first kappa shape index (κ1) is 13.1. The van der Waals surface area contributed by atoms with Crippen molar-refractivity contribution < 1.29 is 0 Å². The van der Waals surface area contributed by atoms with Crippen molar-refractivity contribution in [2.75, 3.05) is 18.8 Å². The molecular weight excluding hydrogens is 230 g/mol. The number of thioether (sulfide) groups is 1. The predicted octanol–water partition coefficient (Wildman–Crippen LogP) is 2.38. The Balaban J connectivity index is 1.84. The molecule has 0 radical (unpaired) electrons. The fourth-order valence-corrected chi connectivity index (χ4v) is 3.50. The van der Waals surface area contributed by atoms with Crippen molar-refractivity contribution in [2.45, 2.75) is 56.7 Å². The highest BCUT2D eigenvalue weighted by Gasteiger charge is 2.29. The summed E-state index contributed by atoms with van der Waals surface area (Å²) in [6.07, 6.45) is 6.63. The SMILES string of the molecule is CCNC(=NCC1(C)CCCS1)NC1CCC1. The smallest absolute Gasteiger partial charge is 0.191 e. The van der Waals surface area contributed by atoms with Gasteiger partial charge in [0.2, 0.25) is 0 Å². The Bertz CT molecular complexity index is 268. The Morgan fingerprint density at radius 3 is 2.76 bits per heavy atom. The molecule has 0 aromatic carbocycles. The van der Waals surface area contributed by atoms with Crippen LogP contribution in [0.1, 0.15) is 46.0 Å². The molecule has 0 spiro atoms. The number of aliphatic imine (C=N–C) groups is 1. The molecule has 1 heterocycles. The van der Waals surface area contributed by atoms with Crippen molar-refractivity contribution >= 4 is 17.7 Å². The molecule has 0 bridgehead atoms. The minimum Gasteiger partial charge on any atom is -0.357 e. The summed E-state index contributed by atoms with van der Waals surface area (Å²) in [5.41, 5.74) is 0. The van der Waals surface area contributed by atoms with Crippen molar-refractivity contribution in [3.63, 3.8) is 0 Å². The number of hydrogen-bond donors (Lipinski definition) is 2. The maximum atomic E-state index is 4.76. The molecule has 0 aromatic heterocycles. The van der Waals surface area contributed by atoms with Crippen LogP contribution in [0.25, 0.3) is 0 Å². The lowest BCUT2D eigenvalue weighted by molar-refractivity contribution is 0.379. The second-order valence-corrected chi connectivity index (χ2v) is 7.05. The van der Waals surface area contributed by atoms with E-state index in [-0.39, 0.29) is 0 Å². The second kappa shape index (κ2) is 5.98. The van der Waals surface area contributed by atoms with Crippen molar-refractivity contribution in [1.29, 1.82) is 0 Å². The predicted molar refractivity (Wildman–Crippen MR) is 76.9 cm³/mol. The lowest BCUT2D eigenvalue weighted by Gasteiger charge is -2.29. The lowest BCUT2D eigenvalue weighted by atomic mass is 9.93. The Morgan fingerprint density at radius 1 is 1.41 bits per heavy atom. The van der Waals surface area contributed by atoms with E-state index in [2.05, 4.69) is 36.2 Å². The zero-order chi connectivity index (χ0) is 12.1. The topological polar surface area (TPSA) is 36.4 Å². The normalized spacial score (nSPS) is 30.1. The van der Waals surface area contributed by atoms with Gasteiger partial charge in [-0.25, -0.2) is 0 Å². The zero-order valence-electron chi connectivity index (χ0n) is 11.1. The number of rotatable bonds is 4. The first-order chi connectivity index (χ1) is 8.22. The number of nitrogens with one attached hydrogen (secondary N) is 2. The van der Waals surface area contributed by atoms with Crippen molar-refractivity contribution in [1.82, 2.24) is 10.6 Å². The summed E-state index contributed by atoms with van der Waals surface area (Å²) in [5, 5.41) is 6.88. The minimum atomic E-state index is 0.377. The highest BCUT2D eigenvalue weighted by Crippen LogP contribution is 2.37. The Hall–Kier alpha value is -0.380. The van der Waals surface area contributed by atoms with Gasteiger partial charge in [-0.3, -0.25) is 4.99 Å². The maximum absolute atomic E-state index is 4.76. The molecular formula is C13H25N3S. The van der Waals surface area contributed by atoms with Gasteiger partial charge in [-0.05, 0) is 51.7 Å². The third-order valence-corrected chi connectivity index (χ3v) is 5.19. The van der Waals surface area contributed by atoms with Crippen LogP contribution in [0, 0.1) is 0 Å².